The minimum Gasteiger partial charge on any atom is -0.329 e. The van der Waals surface area contributed by atoms with E-state index in [-0.39, 0.29) is 19.6 Å². The molecule has 4 N–H and O–H groups in total. The number of nitrogens with one attached hydrogen (secondary N) is 2. The van der Waals surface area contributed by atoms with Gasteiger partial charge in [-0.2, -0.15) is 0 Å². The van der Waals surface area contributed by atoms with E-state index in [2.05, 4.69) is 9.44 Å². The molecule has 17 heavy (non-hydrogen) atoms. The maximum atomic E-state index is 11.6. The minimum atomic E-state index is -3.39. The zero-order valence-corrected chi connectivity index (χ0v) is 11.8. The van der Waals surface area contributed by atoms with Crippen molar-refractivity contribution in [3.05, 3.63) is 0 Å². The van der Waals surface area contributed by atoms with E-state index in [0.29, 0.717) is 12.8 Å². The van der Waals surface area contributed by atoms with E-state index >= 15 is 0 Å². The molecule has 0 saturated carbocycles. The Balaban J connectivity index is 3.96. The maximum Gasteiger partial charge on any atom is 0.215 e. The van der Waals surface area contributed by atoms with Crippen molar-refractivity contribution in [1.29, 1.82) is 0 Å². The quantitative estimate of drug-likeness (QED) is 0.450. The molecule has 7 nitrogen and oxygen atoms in total. The molecule has 0 fully saturated rings. The van der Waals surface area contributed by atoms with Crippen LogP contribution in [0.4, 0.5) is 0 Å². The van der Waals surface area contributed by atoms with Crippen LogP contribution in [-0.2, 0) is 20.0 Å². The van der Waals surface area contributed by atoms with Gasteiger partial charge in [0.25, 0.3) is 0 Å². The third-order valence-corrected chi connectivity index (χ3v) is 4.92. The summed E-state index contributed by atoms with van der Waals surface area (Å²) in [5.74, 6) is 0. The summed E-state index contributed by atoms with van der Waals surface area (Å²) in [6, 6.07) is 0. The Hall–Kier alpha value is -0.220. The first-order valence-corrected chi connectivity index (χ1v) is 8.80. The lowest BCUT2D eigenvalue weighted by Crippen LogP contribution is -2.39. The Morgan fingerprint density at radius 3 is 2.06 bits per heavy atom. The molecule has 9 heteroatoms. The molecule has 0 aliphatic heterocycles. The van der Waals surface area contributed by atoms with Crippen LogP contribution in [0.1, 0.15) is 19.8 Å². The van der Waals surface area contributed by atoms with Crippen molar-refractivity contribution < 1.29 is 16.8 Å². The molecule has 0 amide bonds. The predicted octanol–water partition coefficient (Wildman–Crippen LogP) is -1.42. The lowest BCUT2D eigenvalue weighted by Gasteiger charge is -2.14. The molecule has 0 aliphatic carbocycles. The van der Waals surface area contributed by atoms with Gasteiger partial charge in [0.1, 0.15) is 0 Å². The molecule has 1 atom stereocenters. The van der Waals surface area contributed by atoms with E-state index in [1.807, 2.05) is 0 Å². The summed E-state index contributed by atoms with van der Waals surface area (Å²) in [5.41, 5.74) is 5.35. The summed E-state index contributed by atoms with van der Waals surface area (Å²) in [7, 11) is -6.60. The maximum absolute atomic E-state index is 11.6. The Bertz CT molecular complexity index is 400. The number of sulfonamides is 2. The van der Waals surface area contributed by atoms with Crippen molar-refractivity contribution in [3.8, 4) is 0 Å². The van der Waals surface area contributed by atoms with Crippen LogP contribution >= 0.6 is 0 Å². The normalized spacial score (nSPS) is 14.8. The molecule has 104 valence electrons. The Kier molecular flexibility index (Phi) is 7.17. The molecule has 0 aromatic heterocycles. The first-order chi connectivity index (χ1) is 7.73. The lowest BCUT2D eigenvalue weighted by atomic mass is 10.3. The van der Waals surface area contributed by atoms with Crippen LogP contribution in [0.25, 0.3) is 0 Å². The van der Waals surface area contributed by atoms with Crippen molar-refractivity contribution in [2.24, 2.45) is 5.73 Å². The monoisotopic (exact) mass is 287 g/mol. The molecule has 0 radical (unpaired) electrons. The zero-order chi connectivity index (χ0) is 13.5. The van der Waals surface area contributed by atoms with Gasteiger partial charge in [-0.3, -0.25) is 0 Å². The van der Waals surface area contributed by atoms with Gasteiger partial charge in [0.05, 0.1) is 11.5 Å². The summed E-state index contributed by atoms with van der Waals surface area (Å²) in [5, 5.41) is -0.592. The smallest absolute Gasteiger partial charge is 0.215 e. The highest BCUT2D eigenvalue weighted by Crippen LogP contribution is 2.01. The Labute approximate surface area is 103 Å². The van der Waals surface area contributed by atoms with Gasteiger partial charge in [-0.1, -0.05) is 6.92 Å². The summed E-state index contributed by atoms with van der Waals surface area (Å²) < 4.78 is 49.4. The second kappa shape index (κ2) is 7.27. The van der Waals surface area contributed by atoms with E-state index < -0.39 is 25.3 Å². The van der Waals surface area contributed by atoms with Gasteiger partial charge in [-0.15, -0.1) is 0 Å². The number of hydrogen-bond donors (Lipinski definition) is 3. The van der Waals surface area contributed by atoms with Crippen LogP contribution in [0.5, 0.6) is 0 Å². The van der Waals surface area contributed by atoms with Crippen LogP contribution in [0, 0.1) is 0 Å². The third-order valence-electron chi connectivity index (χ3n) is 2.18. The fourth-order valence-corrected chi connectivity index (χ4v) is 3.06. The van der Waals surface area contributed by atoms with Gasteiger partial charge in [0, 0.05) is 19.6 Å². The minimum absolute atomic E-state index is 0.0768. The average Bonchev–Trinajstić information content (AvgIpc) is 2.16. The molecule has 1 unspecified atom stereocenters. The molecular formula is C8H21N3O4S2. The summed E-state index contributed by atoms with van der Waals surface area (Å²) in [6.45, 7) is 2.23. The molecule has 0 spiro atoms. The number of rotatable bonds is 9. The van der Waals surface area contributed by atoms with Gasteiger partial charge in [0.15, 0.2) is 0 Å². The molecular weight excluding hydrogens is 266 g/mol. The highest BCUT2D eigenvalue weighted by Gasteiger charge is 2.21. The van der Waals surface area contributed by atoms with E-state index in [4.69, 9.17) is 5.73 Å². The van der Waals surface area contributed by atoms with Crippen LogP contribution in [0.15, 0.2) is 0 Å². The Morgan fingerprint density at radius 2 is 1.65 bits per heavy atom. The first-order valence-electron chi connectivity index (χ1n) is 5.36. The summed E-state index contributed by atoms with van der Waals surface area (Å²) in [6.07, 6.45) is 1.90. The number of nitrogens with two attached hydrogens (primary N) is 1. The second-order valence-corrected chi connectivity index (χ2v) is 7.60. The van der Waals surface area contributed by atoms with Crippen LogP contribution in [-0.4, -0.2) is 48.0 Å². The van der Waals surface area contributed by atoms with Crippen LogP contribution in [0.2, 0.25) is 0 Å². The van der Waals surface area contributed by atoms with Gasteiger partial charge in [-0.05, 0) is 12.8 Å². The molecule has 0 aromatic rings. The van der Waals surface area contributed by atoms with Crippen LogP contribution in [0.3, 0.4) is 0 Å². The van der Waals surface area contributed by atoms with Crippen molar-refractivity contribution >= 4 is 20.0 Å². The Morgan fingerprint density at radius 1 is 1.12 bits per heavy atom. The average molecular weight is 287 g/mol. The SMILES string of the molecule is CCC(CN)S(=O)(=O)NCCCNS(C)(=O)=O. The van der Waals surface area contributed by atoms with E-state index in [9.17, 15) is 16.8 Å². The van der Waals surface area contributed by atoms with Gasteiger partial charge in [0.2, 0.25) is 20.0 Å². The van der Waals surface area contributed by atoms with Gasteiger partial charge >= 0.3 is 0 Å². The van der Waals surface area contributed by atoms with Gasteiger partial charge < -0.3 is 5.73 Å². The van der Waals surface area contributed by atoms with Crippen molar-refractivity contribution in [2.45, 2.75) is 25.0 Å². The summed E-state index contributed by atoms with van der Waals surface area (Å²) in [4.78, 5) is 0. The topological polar surface area (TPSA) is 118 Å². The fourth-order valence-electron chi connectivity index (χ4n) is 1.19. The van der Waals surface area contributed by atoms with Gasteiger partial charge in [-0.25, -0.2) is 26.3 Å². The van der Waals surface area contributed by atoms with Crippen molar-refractivity contribution in [1.82, 2.24) is 9.44 Å². The zero-order valence-electron chi connectivity index (χ0n) is 10.1. The number of hydrogen-bond acceptors (Lipinski definition) is 5. The molecule has 0 saturated heterocycles. The molecule has 0 aromatic carbocycles. The lowest BCUT2D eigenvalue weighted by molar-refractivity contribution is 0.557. The van der Waals surface area contributed by atoms with E-state index in [1.54, 1.807) is 6.92 Å². The molecule has 0 bridgehead atoms. The second-order valence-electron chi connectivity index (χ2n) is 3.73. The van der Waals surface area contributed by atoms with Crippen molar-refractivity contribution in [2.75, 3.05) is 25.9 Å². The van der Waals surface area contributed by atoms with Crippen LogP contribution < -0.4 is 15.2 Å². The van der Waals surface area contributed by atoms with Crippen molar-refractivity contribution in [3.63, 3.8) is 0 Å². The third kappa shape index (κ3) is 7.66. The molecule has 0 heterocycles. The predicted molar refractivity (Wildman–Crippen MR) is 67.5 cm³/mol. The standard InChI is InChI=1S/C8H21N3O4S2/c1-3-8(7-9)17(14,15)11-6-4-5-10-16(2,12)13/h8,10-11H,3-7,9H2,1-2H3. The summed E-state index contributed by atoms with van der Waals surface area (Å²) >= 11 is 0. The first kappa shape index (κ1) is 16.8. The fraction of sp³-hybridized carbons (Fsp3) is 1.00. The highest BCUT2D eigenvalue weighted by atomic mass is 32.2. The molecule has 0 rings (SSSR count). The largest absolute Gasteiger partial charge is 0.329 e. The molecule has 0 aliphatic rings. The van der Waals surface area contributed by atoms with E-state index in [1.165, 1.54) is 0 Å². The highest BCUT2D eigenvalue weighted by molar-refractivity contribution is 7.90. The van der Waals surface area contributed by atoms with E-state index in [0.717, 1.165) is 6.26 Å².